The first-order valence-electron chi connectivity index (χ1n) is 6.27. The largest absolute Gasteiger partial charge is 0.434 e. The summed E-state index contributed by atoms with van der Waals surface area (Å²) in [4.78, 5) is -0.0841. The van der Waals surface area contributed by atoms with E-state index >= 15 is 0 Å². The van der Waals surface area contributed by atoms with Gasteiger partial charge in [0.15, 0.2) is 0 Å². The molecule has 2 aromatic rings. The molecule has 0 radical (unpaired) electrons. The molecule has 9 heteroatoms. The van der Waals surface area contributed by atoms with Gasteiger partial charge in [-0.25, -0.2) is 13.1 Å². The highest BCUT2D eigenvalue weighted by Gasteiger charge is 2.17. The number of alkyl halides is 2. The van der Waals surface area contributed by atoms with Crippen molar-refractivity contribution in [3.8, 4) is 5.75 Å². The Hall–Kier alpha value is -1.41. The molecule has 2 rings (SSSR count). The van der Waals surface area contributed by atoms with Crippen molar-refractivity contribution in [3.05, 3.63) is 58.1 Å². The third-order valence-corrected chi connectivity index (χ3v) is 4.98. The predicted octanol–water partition coefficient (Wildman–Crippen LogP) is 4.07. The first-order chi connectivity index (χ1) is 10.8. The molecule has 124 valence electrons. The summed E-state index contributed by atoms with van der Waals surface area (Å²) in [5.74, 6) is -0.0978. The smallest absolute Gasteiger partial charge is 0.387 e. The zero-order chi connectivity index (χ0) is 17.0. The number of hydrogen-bond acceptors (Lipinski definition) is 3. The summed E-state index contributed by atoms with van der Waals surface area (Å²) in [6.45, 7) is -3.21. The highest BCUT2D eigenvalue weighted by molar-refractivity contribution is 7.89. The van der Waals surface area contributed by atoms with E-state index in [2.05, 4.69) is 9.46 Å². The third-order valence-electron chi connectivity index (χ3n) is 2.84. The summed E-state index contributed by atoms with van der Waals surface area (Å²) >= 11 is 11.5. The zero-order valence-electron chi connectivity index (χ0n) is 11.5. The maximum Gasteiger partial charge on any atom is 0.387 e. The van der Waals surface area contributed by atoms with Gasteiger partial charge in [0, 0.05) is 12.1 Å². The minimum Gasteiger partial charge on any atom is -0.434 e. The summed E-state index contributed by atoms with van der Waals surface area (Å²) in [6.07, 6.45) is 0. The number of para-hydroxylation sites is 1. The van der Waals surface area contributed by atoms with Crippen molar-refractivity contribution < 1.29 is 21.9 Å². The molecule has 1 N–H and O–H groups in total. The fourth-order valence-electron chi connectivity index (χ4n) is 1.76. The monoisotopic (exact) mass is 381 g/mol. The summed E-state index contributed by atoms with van der Waals surface area (Å²) < 4.78 is 55.7. The lowest BCUT2D eigenvalue weighted by Crippen LogP contribution is -2.23. The number of benzene rings is 2. The molecule has 0 aliphatic carbocycles. The number of nitrogens with one attached hydrogen (secondary N) is 1. The Morgan fingerprint density at radius 2 is 1.78 bits per heavy atom. The van der Waals surface area contributed by atoms with Gasteiger partial charge in [-0.2, -0.15) is 8.78 Å². The van der Waals surface area contributed by atoms with Crippen LogP contribution in [0.25, 0.3) is 0 Å². The first kappa shape index (κ1) is 17.9. The van der Waals surface area contributed by atoms with Gasteiger partial charge in [-0.05, 0) is 24.3 Å². The molecule has 0 aliphatic heterocycles. The van der Waals surface area contributed by atoms with Crippen LogP contribution >= 0.6 is 23.2 Å². The molecule has 0 amide bonds. The normalized spacial score (nSPS) is 11.7. The lowest BCUT2D eigenvalue weighted by molar-refractivity contribution is -0.0504. The van der Waals surface area contributed by atoms with Gasteiger partial charge in [0.05, 0.1) is 14.9 Å². The molecule has 0 fully saturated rings. The van der Waals surface area contributed by atoms with Crippen LogP contribution in [0.5, 0.6) is 5.75 Å². The van der Waals surface area contributed by atoms with E-state index in [9.17, 15) is 17.2 Å². The summed E-state index contributed by atoms with van der Waals surface area (Å²) in [5.41, 5.74) is 0.274. The van der Waals surface area contributed by atoms with Gasteiger partial charge in [-0.3, -0.25) is 0 Å². The fourth-order valence-corrected chi connectivity index (χ4v) is 3.16. The molecule has 2 aromatic carbocycles. The van der Waals surface area contributed by atoms with Crippen molar-refractivity contribution in [2.24, 2.45) is 0 Å². The highest BCUT2D eigenvalue weighted by Crippen LogP contribution is 2.25. The van der Waals surface area contributed by atoms with Crippen molar-refractivity contribution in [3.63, 3.8) is 0 Å². The van der Waals surface area contributed by atoms with E-state index in [1.54, 1.807) is 6.07 Å². The predicted molar refractivity (Wildman–Crippen MR) is 83.6 cm³/mol. The second-order valence-electron chi connectivity index (χ2n) is 4.39. The number of hydrogen-bond donors (Lipinski definition) is 1. The maximum absolute atomic E-state index is 12.3. The third kappa shape index (κ3) is 4.78. The molecule has 23 heavy (non-hydrogen) atoms. The molecule has 0 saturated carbocycles. The SMILES string of the molecule is O=S(=O)(NCc1ccccc1OC(F)F)c1ccc(Cl)c(Cl)c1. The van der Waals surface area contributed by atoms with Crippen LogP contribution < -0.4 is 9.46 Å². The van der Waals surface area contributed by atoms with Crippen LogP contribution in [0.3, 0.4) is 0 Å². The molecule has 0 spiro atoms. The molecule has 0 aromatic heterocycles. The van der Waals surface area contributed by atoms with Gasteiger partial charge < -0.3 is 4.74 Å². The minimum absolute atomic E-state index is 0.0841. The summed E-state index contributed by atoms with van der Waals surface area (Å²) in [7, 11) is -3.88. The van der Waals surface area contributed by atoms with Crippen LogP contribution in [0.4, 0.5) is 8.78 Å². The number of rotatable bonds is 6. The van der Waals surface area contributed by atoms with Gasteiger partial charge in [0.25, 0.3) is 0 Å². The van der Waals surface area contributed by atoms with Crippen LogP contribution in [-0.2, 0) is 16.6 Å². The summed E-state index contributed by atoms with van der Waals surface area (Å²) in [5, 5.41) is 0.317. The second kappa shape index (κ2) is 7.44. The Morgan fingerprint density at radius 1 is 1.09 bits per heavy atom. The Bertz CT molecular complexity index is 800. The molecule has 4 nitrogen and oxygen atoms in total. The molecule has 0 unspecified atom stereocenters. The first-order valence-corrected chi connectivity index (χ1v) is 8.51. The van der Waals surface area contributed by atoms with E-state index in [0.29, 0.717) is 0 Å². The van der Waals surface area contributed by atoms with Crippen LogP contribution in [0.15, 0.2) is 47.4 Å². The van der Waals surface area contributed by atoms with E-state index in [4.69, 9.17) is 23.2 Å². The van der Waals surface area contributed by atoms with Gasteiger partial charge >= 0.3 is 6.61 Å². The van der Waals surface area contributed by atoms with Crippen LogP contribution in [0, 0.1) is 0 Å². The van der Waals surface area contributed by atoms with Gasteiger partial charge in [0.2, 0.25) is 10.0 Å². The Morgan fingerprint density at radius 3 is 2.43 bits per heavy atom. The van der Waals surface area contributed by atoms with Crippen molar-refractivity contribution in [1.82, 2.24) is 4.72 Å². The quantitative estimate of drug-likeness (QED) is 0.820. The van der Waals surface area contributed by atoms with Gasteiger partial charge in [-0.1, -0.05) is 41.4 Å². The van der Waals surface area contributed by atoms with E-state index in [0.717, 1.165) is 0 Å². The van der Waals surface area contributed by atoms with Gasteiger partial charge in [-0.15, -0.1) is 0 Å². The van der Waals surface area contributed by atoms with Crippen molar-refractivity contribution in [2.75, 3.05) is 0 Å². The Balaban J connectivity index is 2.18. The van der Waals surface area contributed by atoms with E-state index in [1.165, 1.54) is 36.4 Å². The van der Waals surface area contributed by atoms with Crippen molar-refractivity contribution in [1.29, 1.82) is 0 Å². The number of halogens is 4. The lowest BCUT2D eigenvalue weighted by atomic mass is 10.2. The van der Waals surface area contributed by atoms with Crippen LogP contribution in [-0.4, -0.2) is 15.0 Å². The van der Waals surface area contributed by atoms with E-state index in [1.807, 2.05) is 0 Å². The molecular weight excluding hydrogens is 371 g/mol. The number of ether oxygens (including phenoxy) is 1. The molecule has 0 heterocycles. The topological polar surface area (TPSA) is 55.4 Å². The standard InChI is InChI=1S/C14H11Cl2F2NO3S/c15-11-6-5-10(7-12(11)16)23(20,21)19-8-9-3-1-2-4-13(9)22-14(17)18/h1-7,14,19H,8H2. The lowest BCUT2D eigenvalue weighted by Gasteiger charge is -2.12. The summed E-state index contributed by atoms with van der Waals surface area (Å²) in [6, 6.07) is 9.75. The molecule has 0 aliphatic rings. The average molecular weight is 382 g/mol. The van der Waals surface area contributed by atoms with E-state index < -0.39 is 16.6 Å². The fraction of sp³-hybridized carbons (Fsp3) is 0.143. The maximum atomic E-state index is 12.3. The van der Waals surface area contributed by atoms with Crippen molar-refractivity contribution in [2.45, 2.75) is 18.1 Å². The average Bonchev–Trinajstić information content (AvgIpc) is 2.48. The van der Waals surface area contributed by atoms with Crippen LogP contribution in [0.2, 0.25) is 10.0 Å². The zero-order valence-corrected chi connectivity index (χ0v) is 13.8. The molecule has 0 bridgehead atoms. The van der Waals surface area contributed by atoms with Crippen LogP contribution in [0.1, 0.15) is 5.56 Å². The number of sulfonamides is 1. The van der Waals surface area contributed by atoms with Gasteiger partial charge in [0.1, 0.15) is 5.75 Å². The van der Waals surface area contributed by atoms with Crippen molar-refractivity contribution >= 4 is 33.2 Å². The highest BCUT2D eigenvalue weighted by atomic mass is 35.5. The Labute approximate surface area is 142 Å². The molecule has 0 saturated heterocycles. The molecular formula is C14H11Cl2F2NO3S. The second-order valence-corrected chi connectivity index (χ2v) is 6.97. The minimum atomic E-state index is -3.88. The molecule has 0 atom stereocenters. The van der Waals surface area contributed by atoms with E-state index in [-0.39, 0.29) is 32.8 Å². The Kier molecular flexibility index (Phi) is 5.80.